The van der Waals surface area contributed by atoms with Crippen molar-refractivity contribution in [2.24, 2.45) is 0 Å². The van der Waals surface area contributed by atoms with Gasteiger partial charge >= 0.3 is 0 Å². The van der Waals surface area contributed by atoms with Crippen molar-refractivity contribution < 1.29 is 12.8 Å². The number of sulfone groups is 1. The number of rotatable bonds is 4. The summed E-state index contributed by atoms with van der Waals surface area (Å²) in [6, 6.07) is 13.5. The lowest BCUT2D eigenvalue weighted by molar-refractivity contribution is 0.553. The molecule has 0 saturated heterocycles. The maximum absolute atomic E-state index is 13.1. The van der Waals surface area contributed by atoms with Gasteiger partial charge in [-0.3, -0.25) is 4.68 Å². The zero-order valence-corrected chi connectivity index (χ0v) is 15.8. The smallest absolute Gasteiger partial charge is 0.175 e. The van der Waals surface area contributed by atoms with Crippen molar-refractivity contribution in [2.45, 2.75) is 24.4 Å². The van der Waals surface area contributed by atoms with E-state index >= 15 is 0 Å². The highest BCUT2D eigenvalue weighted by Crippen LogP contribution is 2.30. The number of nitrogens with zero attached hydrogens (tertiary/aromatic N) is 3. The quantitative estimate of drug-likeness (QED) is 0.690. The summed E-state index contributed by atoms with van der Waals surface area (Å²) in [5.41, 5.74) is 3.76. The van der Waals surface area contributed by atoms with Gasteiger partial charge in [-0.25, -0.2) is 12.8 Å². The van der Waals surface area contributed by atoms with E-state index in [9.17, 15) is 12.8 Å². The Balaban J connectivity index is 1.57. The molecule has 0 unspecified atom stereocenters. The fourth-order valence-electron chi connectivity index (χ4n) is 3.42. The van der Waals surface area contributed by atoms with E-state index in [2.05, 4.69) is 10.00 Å². The molecule has 3 aromatic rings. The van der Waals surface area contributed by atoms with Crippen LogP contribution in [0.15, 0.2) is 59.6 Å². The van der Waals surface area contributed by atoms with Gasteiger partial charge in [-0.2, -0.15) is 5.10 Å². The third-order valence-electron chi connectivity index (χ3n) is 4.79. The molecule has 0 saturated carbocycles. The third kappa shape index (κ3) is 3.73. The van der Waals surface area contributed by atoms with Crippen molar-refractivity contribution in [3.8, 4) is 11.3 Å². The Morgan fingerprint density at radius 3 is 2.63 bits per heavy atom. The molecule has 2 aromatic carbocycles. The maximum Gasteiger partial charge on any atom is 0.175 e. The Morgan fingerprint density at radius 1 is 1.11 bits per heavy atom. The predicted octanol–water partition coefficient (Wildman–Crippen LogP) is 3.50. The molecule has 140 valence electrons. The number of fused-ring (bicyclic) bond motifs is 1. The molecule has 7 heteroatoms. The minimum atomic E-state index is -3.21. The summed E-state index contributed by atoms with van der Waals surface area (Å²) < 4.78 is 38.5. The van der Waals surface area contributed by atoms with Crippen LogP contribution in [-0.2, 0) is 22.9 Å². The summed E-state index contributed by atoms with van der Waals surface area (Å²) in [6.07, 6.45) is 4.97. The van der Waals surface area contributed by atoms with E-state index in [1.54, 1.807) is 24.3 Å². The van der Waals surface area contributed by atoms with E-state index in [1.165, 1.54) is 18.4 Å². The number of hydrogen-bond donors (Lipinski definition) is 0. The number of hydrogen-bond acceptors (Lipinski definition) is 4. The lowest BCUT2D eigenvalue weighted by Gasteiger charge is -2.31. The van der Waals surface area contributed by atoms with Crippen molar-refractivity contribution >= 4 is 15.5 Å². The highest BCUT2D eigenvalue weighted by molar-refractivity contribution is 7.90. The summed E-state index contributed by atoms with van der Waals surface area (Å²) in [5, 5.41) is 4.59. The Labute approximate surface area is 158 Å². The van der Waals surface area contributed by atoms with Crippen LogP contribution in [0.4, 0.5) is 10.1 Å². The van der Waals surface area contributed by atoms with Crippen molar-refractivity contribution in [1.29, 1.82) is 0 Å². The molecule has 0 fully saturated rings. The van der Waals surface area contributed by atoms with Crippen LogP contribution in [-0.4, -0.2) is 31.0 Å². The summed E-state index contributed by atoms with van der Waals surface area (Å²) >= 11 is 0. The van der Waals surface area contributed by atoms with Gasteiger partial charge < -0.3 is 4.90 Å². The van der Waals surface area contributed by atoms with Crippen molar-refractivity contribution in [1.82, 2.24) is 9.78 Å². The van der Waals surface area contributed by atoms with Crippen molar-refractivity contribution in [3.63, 3.8) is 0 Å². The van der Waals surface area contributed by atoms with Crippen LogP contribution in [0.2, 0.25) is 0 Å². The van der Waals surface area contributed by atoms with Crippen LogP contribution in [0.1, 0.15) is 12.0 Å². The highest BCUT2D eigenvalue weighted by Gasteiger charge is 2.20. The van der Waals surface area contributed by atoms with Crippen LogP contribution in [0.5, 0.6) is 0 Å². The number of aromatic nitrogens is 2. The van der Waals surface area contributed by atoms with E-state index in [0.717, 1.165) is 41.9 Å². The van der Waals surface area contributed by atoms with Crippen LogP contribution in [0, 0.1) is 5.82 Å². The van der Waals surface area contributed by atoms with Gasteiger partial charge in [-0.1, -0.05) is 0 Å². The summed E-state index contributed by atoms with van der Waals surface area (Å²) in [6.45, 7) is 1.46. The topological polar surface area (TPSA) is 55.2 Å². The molecule has 1 aromatic heterocycles. The monoisotopic (exact) mass is 385 g/mol. The normalized spacial score (nSPS) is 14.2. The minimum absolute atomic E-state index is 0.267. The zero-order valence-electron chi connectivity index (χ0n) is 15.0. The van der Waals surface area contributed by atoms with Gasteiger partial charge in [-0.15, -0.1) is 0 Å². The summed E-state index contributed by atoms with van der Waals surface area (Å²) in [4.78, 5) is 2.56. The van der Waals surface area contributed by atoms with Crippen LogP contribution in [0.25, 0.3) is 11.3 Å². The molecule has 1 aliphatic heterocycles. The molecule has 0 N–H and O–H groups in total. The molecule has 0 atom stereocenters. The molecule has 0 bridgehead atoms. The summed E-state index contributed by atoms with van der Waals surface area (Å²) in [7, 11) is -3.21. The van der Waals surface area contributed by atoms with Crippen LogP contribution in [0.3, 0.4) is 0 Å². The number of halogens is 1. The average Bonchev–Trinajstić information content (AvgIpc) is 3.10. The maximum atomic E-state index is 13.1. The largest absolute Gasteiger partial charge is 0.352 e. The lowest BCUT2D eigenvalue weighted by Crippen LogP contribution is -2.31. The second kappa shape index (κ2) is 6.81. The zero-order chi connectivity index (χ0) is 19.0. The molecule has 0 amide bonds. The Bertz CT molecular complexity index is 1070. The minimum Gasteiger partial charge on any atom is -0.352 e. The van der Waals surface area contributed by atoms with Gasteiger partial charge in [0.15, 0.2) is 9.84 Å². The highest BCUT2D eigenvalue weighted by atomic mass is 32.2. The third-order valence-corrected chi connectivity index (χ3v) is 5.90. The van der Waals surface area contributed by atoms with Crippen LogP contribution < -0.4 is 4.90 Å². The van der Waals surface area contributed by atoms with E-state index in [0.29, 0.717) is 11.6 Å². The number of aryl methyl sites for hydroxylation is 1. The standard InChI is InChI=1S/C20H20FN3O2S/c1-27(25,26)18-8-9-20-16(13-18)3-2-11-23(20)14-24-12-10-19(22-24)15-4-6-17(21)7-5-15/h4-10,12-13H,2-3,11,14H2,1H3. The lowest BCUT2D eigenvalue weighted by atomic mass is 10.0. The second-order valence-electron chi connectivity index (χ2n) is 6.82. The average molecular weight is 385 g/mol. The Morgan fingerprint density at radius 2 is 1.89 bits per heavy atom. The van der Waals surface area contributed by atoms with Gasteiger partial charge in [-0.05, 0) is 66.9 Å². The van der Waals surface area contributed by atoms with Gasteiger partial charge in [0, 0.05) is 30.2 Å². The van der Waals surface area contributed by atoms with Gasteiger partial charge in [0.05, 0.1) is 10.6 Å². The number of benzene rings is 2. The van der Waals surface area contributed by atoms with E-state index < -0.39 is 9.84 Å². The SMILES string of the molecule is CS(=O)(=O)c1ccc2c(c1)CCCN2Cn1ccc(-c2ccc(F)cc2)n1. The molecule has 2 heterocycles. The van der Waals surface area contributed by atoms with Gasteiger partial charge in [0.25, 0.3) is 0 Å². The van der Waals surface area contributed by atoms with Crippen molar-refractivity contribution in [2.75, 3.05) is 17.7 Å². The molecular formula is C20H20FN3O2S. The molecule has 5 nitrogen and oxygen atoms in total. The molecule has 0 spiro atoms. The molecule has 0 aliphatic carbocycles. The van der Waals surface area contributed by atoms with Crippen molar-refractivity contribution in [3.05, 3.63) is 66.1 Å². The van der Waals surface area contributed by atoms with E-state index in [-0.39, 0.29) is 5.82 Å². The first-order valence-corrected chi connectivity index (χ1v) is 10.7. The van der Waals surface area contributed by atoms with E-state index in [1.807, 2.05) is 23.0 Å². The first-order valence-electron chi connectivity index (χ1n) is 8.77. The summed E-state index contributed by atoms with van der Waals surface area (Å²) in [5.74, 6) is -0.267. The molecule has 0 radical (unpaired) electrons. The van der Waals surface area contributed by atoms with Gasteiger partial charge in [0.2, 0.25) is 0 Å². The predicted molar refractivity (Wildman–Crippen MR) is 103 cm³/mol. The molecule has 4 rings (SSSR count). The van der Waals surface area contributed by atoms with E-state index in [4.69, 9.17) is 0 Å². The molecular weight excluding hydrogens is 365 g/mol. The first kappa shape index (κ1) is 17.7. The molecule has 1 aliphatic rings. The number of anilines is 1. The fourth-order valence-corrected chi connectivity index (χ4v) is 4.09. The fraction of sp³-hybridized carbons (Fsp3) is 0.250. The van der Waals surface area contributed by atoms with Gasteiger partial charge in [0.1, 0.15) is 12.5 Å². The molecule has 27 heavy (non-hydrogen) atoms. The Hall–Kier alpha value is -2.67. The first-order chi connectivity index (χ1) is 12.9. The van der Waals surface area contributed by atoms with Crippen LogP contribution >= 0.6 is 0 Å². The Kier molecular flexibility index (Phi) is 4.47. The second-order valence-corrected chi connectivity index (χ2v) is 8.83.